The Hall–Kier alpha value is -2.60. The summed E-state index contributed by atoms with van der Waals surface area (Å²) < 4.78 is 18.6. The molecule has 26 heavy (non-hydrogen) atoms. The molecule has 0 spiro atoms. The van der Waals surface area contributed by atoms with Crippen LogP contribution >= 0.6 is 11.6 Å². The van der Waals surface area contributed by atoms with E-state index in [0.717, 1.165) is 25.3 Å². The smallest absolute Gasteiger partial charge is 0.255 e. The number of nitrogens with one attached hydrogen (secondary N) is 2. The minimum Gasteiger partial charge on any atom is -0.495 e. The summed E-state index contributed by atoms with van der Waals surface area (Å²) in [5.41, 5.74) is 0.880. The maximum Gasteiger partial charge on any atom is 0.255 e. The van der Waals surface area contributed by atoms with Crippen molar-refractivity contribution < 1.29 is 18.7 Å². The van der Waals surface area contributed by atoms with Crippen molar-refractivity contribution >= 4 is 34.8 Å². The second-order valence-electron chi connectivity index (χ2n) is 6.11. The van der Waals surface area contributed by atoms with Gasteiger partial charge in [0.2, 0.25) is 5.91 Å². The standard InChI is InChI=1S/C19H18ClFN2O3/c1-26-17-8-5-12(9-16(17)23-18(24)11-3-2-4-11)19(25)22-15-10-13(21)6-7-14(15)20/h5-11H,2-4H2,1H3,(H,22,25)(H,23,24). The molecule has 0 heterocycles. The molecular weight excluding hydrogens is 359 g/mol. The van der Waals surface area contributed by atoms with Crippen molar-refractivity contribution in [3.8, 4) is 5.75 Å². The predicted molar refractivity (Wildman–Crippen MR) is 98.3 cm³/mol. The van der Waals surface area contributed by atoms with Gasteiger partial charge in [-0.3, -0.25) is 9.59 Å². The van der Waals surface area contributed by atoms with Gasteiger partial charge in [-0.05, 0) is 49.2 Å². The van der Waals surface area contributed by atoms with Crippen molar-refractivity contribution in [2.75, 3.05) is 17.7 Å². The van der Waals surface area contributed by atoms with E-state index in [2.05, 4.69) is 10.6 Å². The molecule has 3 rings (SSSR count). The van der Waals surface area contributed by atoms with Crippen LogP contribution in [-0.2, 0) is 4.79 Å². The minimum absolute atomic E-state index is 0.00305. The molecule has 7 heteroatoms. The number of hydrogen-bond acceptors (Lipinski definition) is 3. The lowest BCUT2D eigenvalue weighted by molar-refractivity contribution is -0.122. The topological polar surface area (TPSA) is 67.4 Å². The Morgan fingerprint density at radius 1 is 1.12 bits per heavy atom. The SMILES string of the molecule is COc1ccc(C(=O)Nc2cc(F)ccc2Cl)cc1NC(=O)C1CCC1. The third-order valence-electron chi connectivity index (χ3n) is 4.37. The summed E-state index contributed by atoms with van der Waals surface area (Å²) in [6.07, 6.45) is 2.78. The maximum atomic E-state index is 13.3. The van der Waals surface area contributed by atoms with Crippen LogP contribution in [-0.4, -0.2) is 18.9 Å². The number of rotatable bonds is 5. The number of carbonyl (C=O) groups is 2. The Morgan fingerprint density at radius 3 is 2.54 bits per heavy atom. The van der Waals surface area contributed by atoms with E-state index in [1.54, 1.807) is 12.1 Å². The van der Waals surface area contributed by atoms with Crippen molar-refractivity contribution in [3.05, 3.63) is 52.8 Å². The number of benzene rings is 2. The number of methoxy groups -OCH3 is 1. The Balaban J connectivity index is 1.80. The molecule has 0 atom stereocenters. The van der Waals surface area contributed by atoms with Gasteiger partial charge in [0.05, 0.1) is 23.5 Å². The molecule has 0 saturated heterocycles. The van der Waals surface area contributed by atoms with Crippen LogP contribution in [0.4, 0.5) is 15.8 Å². The molecule has 0 bridgehead atoms. The van der Waals surface area contributed by atoms with Crippen molar-refractivity contribution in [1.82, 2.24) is 0 Å². The molecule has 1 aliphatic rings. The third kappa shape index (κ3) is 3.96. The largest absolute Gasteiger partial charge is 0.495 e. The van der Waals surface area contributed by atoms with Gasteiger partial charge in [-0.1, -0.05) is 18.0 Å². The number of hydrogen-bond donors (Lipinski definition) is 2. The first kappa shape index (κ1) is 18.2. The summed E-state index contributed by atoms with van der Waals surface area (Å²) in [7, 11) is 1.49. The molecule has 2 N–H and O–H groups in total. The highest BCUT2D eigenvalue weighted by atomic mass is 35.5. The van der Waals surface area contributed by atoms with Gasteiger partial charge in [0.1, 0.15) is 11.6 Å². The normalized spacial score (nSPS) is 13.7. The third-order valence-corrected chi connectivity index (χ3v) is 4.70. The van der Waals surface area contributed by atoms with Crippen molar-refractivity contribution in [2.24, 2.45) is 5.92 Å². The number of amides is 2. The van der Waals surface area contributed by atoms with Crippen LogP contribution in [0.2, 0.25) is 5.02 Å². The summed E-state index contributed by atoms with van der Waals surface area (Å²) in [6, 6.07) is 8.39. The van der Waals surface area contributed by atoms with E-state index in [-0.39, 0.29) is 28.1 Å². The first-order chi connectivity index (χ1) is 12.5. The Bertz CT molecular complexity index is 853. The molecule has 1 aliphatic carbocycles. The molecule has 0 unspecified atom stereocenters. The molecular formula is C19H18ClFN2O3. The average Bonchev–Trinajstić information content (AvgIpc) is 2.56. The quantitative estimate of drug-likeness (QED) is 0.808. The predicted octanol–water partition coefficient (Wildman–Crippen LogP) is 4.48. The van der Waals surface area contributed by atoms with Crippen LogP contribution < -0.4 is 15.4 Å². The second kappa shape index (κ2) is 7.74. The van der Waals surface area contributed by atoms with E-state index >= 15 is 0 Å². The zero-order valence-electron chi connectivity index (χ0n) is 14.1. The Morgan fingerprint density at radius 2 is 1.88 bits per heavy atom. The van der Waals surface area contributed by atoms with Gasteiger partial charge in [-0.2, -0.15) is 0 Å². The lowest BCUT2D eigenvalue weighted by Gasteiger charge is -2.24. The number of carbonyl (C=O) groups excluding carboxylic acids is 2. The fourth-order valence-corrected chi connectivity index (χ4v) is 2.80. The summed E-state index contributed by atoms with van der Waals surface area (Å²) in [5, 5.41) is 5.61. The molecule has 2 aromatic rings. The van der Waals surface area contributed by atoms with E-state index in [1.165, 1.54) is 25.3 Å². The van der Waals surface area contributed by atoms with Crippen LogP contribution in [0, 0.1) is 11.7 Å². The summed E-state index contributed by atoms with van der Waals surface area (Å²) in [6.45, 7) is 0. The van der Waals surface area contributed by atoms with Gasteiger partial charge in [0.25, 0.3) is 5.91 Å². The minimum atomic E-state index is -0.507. The summed E-state index contributed by atoms with van der Waals surface area (Å²) in [5.74, 6) is -0.603. The number of ether oxygens (including phenoxy) is 1. The van der Waals surface area contributed by atoms with Crippen LogP contribution in [0.3, 0.4) is 0 Å². The molecule has 0 radical (unpaired) electrons. The van der Waals surface area contributed by atoms with Crippen LogP contribution in [0.1, 0.15) is 29.6 Å². The fraction of sp³-hybridized carbons (Fsp3) is 0.263. The van der Waals surface area contributed by atoms with Crippen LogP contribution in [0.15, 0.2) is 36.4 Å². The first-order valence-electron chi connectivity index (χ1n) is 8.23. The van der Waals surface area contributed by atoms with Gasteiger partial charge in [0, 0.05) is 11.5 Å². The van der Waals surface area contributed by atoms with Gasteiger partial charge >= 0.3 is 0 Å². The van der Waals surface area contributed by atoms with Crippen molar-refractivity contribution in [2.45, 2.75) is 19.3 Å². The number of anilines is 2. The summed E-state index contributed by atoms with van der Waals surface area (Å²) in [4.78, 5) is 24.7. The van der Waals surface area contributed by atoms with Gasteiger partial charge < -0.3 is 15.4 Å². The van der Waals surface area contributed by atoms with E-state index in [0.29, 0.717) is 11.4 Å². The van der Waals surface area contributed by atoms with E-state index in [4.69, 9.17) is 16.3 Å². The second-order valence-corrected chi connectivity index (χ2v) is 6.52. The van der Waals surface area contributed by atoms with Gasteiger partial charge in [-0.25, -0.2) is 4.39 Å². The van der Waals surface area contributed by atoms with Crippen molar-refractivity contribution in [3.63, 3.8) is 0 Å². The maximum absolute atomic E-state index is 13.3. The zero-order valence-corrected chi connectivity index (χ0v) is 14.9. The summed E-state index contributed by atoms with van der Waals surface area (Å²) >= 11 is 5.97. The fourth-order valence-electron chi connectivity index (χ4n) is 2.64. The van der Waals surface area contributed by atoms with Gasteiger partial charge in [-0.15, -0.1) is 0 Å². The molecule has 2 aromatic carbocycles. The zero-order chi connectivity index (χ0) is 18.7. The molecule has 1 saturated carbocycles. The highest BCUT2D eigenvalue weighted by molar-refractivity contribution is 6.33. The molecule has 136 valence electrons. The van der Waals surface area contributed by atoms with E-state index in [1.807, 2.05) is 0 Å². The molecule has 0 aromatic heterocycles. The number of halogens is 2. The average molecular weight is 377 g/mol. The highest BCUT2D eigenvalue weighted by Crippen LogP contribution is 2.31. The van der Waals surface area contributed by atoms with E-state index < -0.39 is 11.7 Å². The van der Waals surface area contributed by atoms with Crippen molar-refractivity contribution in [1.29, 1.82) is 0 Å². The lowest BCUT2D eigenvalue weighted by Crippen LogP contribution is -2.28. The van der Waals surface area contributed by atoms with Gasteiger partial charge in [0.15, 0.2) is 0 Å². The molecule has 0 aliphatic heterocycles. The van der Waals surface area contributed by atoms with E-state index in [9.17, 15) is 14.0 Å². The monoisotopic (exact) mass is 376 g/mol. The highest BCUT2D eigenvalue weighted by Gasteiger charge is 2.26. The molecule has 5 nitrogen and oxygen atoms in total. The van der Waals surface area contributed by atoms with Crippen LogP contribution in [0.25, 0.3) is 0 Å². The first-order valence-corrected chi connectivity index (χ1v) is 8.61. The van der Waals surface area contributed by atoms with Crippen LogP contribution in [0.5, 0.6) is 5.75 Å². The Kier molecular flexibility index (Phi) is 5.42. The Labute approximate surface area is 155 Å². The molecule has 2 amide bonds. The molecule has 1 fully saturated rings. The lowest BCUT2D eigenvalue weighted by atomic mass is 9.85.